The minimum absolute atomic E-state index is 0.379. The van der Waals surface area contributed by atoms with Crippen molar-refractivity contribution in [3.8, 4) is 0 Å². The second-order valence-corrected chi connectivity index (χ2v) is 7.79. The Bertz CT molecular complexity index is 936. The highest BCUT2D eigenvalue weighted by Gasteiger charge is 2.37. The lowest BCUT2D eigenvalue weighted by Gasteiger charge is -2.27. The van der Waals surface area contributed by atoms with Gasteiger partial charge in [-0.25, -0.2) is 9.69 Å². The number of ether oxygens (including phenoxy) is 1. The summed E-state index contributed by atoms with van der Waals surface area (Å²) in [5.41, 5.74) is 1.58. The van der Waals surface area contributed by atoms with Crippen molar-refractivity contribution in [3.05, 3.63) is 64.7 Å². The monoisotopic (exact) mass is 399 g/mol. The van der Waals surface area contributed by atoms with E-state index >= 15 is 0 Å². The summed E-state index contributed by atoms with van der Waals surface area (Å²) in [4.78, 5) is 31.7. The number of aliphatic imine (C=N–C) groups is 1. The van der Waals surface area contributed by atoms with E-state index in [1.165, 1.54) is 0 Å². The maximum Gasteiger partial charge on any atom is 0.421 e. The molecule has 1 heterocycles. The fraction of sp³-hybridized carbons (Fsp3) is 0.286. The molecule has 0 saturated heterocycles. The molecule has 1 atom stereocenters. The van der Waals surface area contributed by atoms with Crippen molar-refractivity contribution in [2.75, 3.05) is 11.9 Å². The molecule has 1 aliphatic rings. The van der Waals surface area contributed by atoms with Crippen LogP contribution in [0.1, 0.15) is 31.9 Å². The van der Waals surface area contributed by atoms with Crippen molar-refractivity contribution in [1.29, 1.82) is 0 Å². The number of amides is 2. The fourth-order valence-electron chi connectivity index (χ4n) is 2.90. The van der Waals surface area contributed by atoms with Gasteiger partial charge in [-0.3, -0.25) is 15.1 Å². The quantitative estimate of drug-likeness (QED) is 0.828. The number of hydrogen-bond acceptors (Lipinski definition) is 5. The van der Waals surface area contributed by atoms with Crippen LogP contribution < -0.4 is 10.2 Å². The summed E-state index contributed by atoms with van der Waals surface area (Å²) in [7, 11) is 1.62. The van der Waals surface area contributed by atoms with Crippen molar-refractivity contribution < 1.29 is 14.3 Å². The minimum Gasteiger partial charge on any atom is -0.443 e. The van der Waals surface area contributed by atoms with Crippen LogP contribution in [0.15, 0.2) is 53.5 Å². The Kier molecular flexibility index (Phi) is 5.54. The van der Waals surface area contributed by atoms with Crippen LogP contribution in [0.2, 0.25) is 5.02 Å². The summed E-state index contributed by atoms with van der Waals surface area (Å²) in [6.07, 6.45) is -1.71. The van der Waals surface area contributed by atoms with Crippen LogP contribution in [-0.2, 0) is 9.53 Å². The second-order valence-electron chi connectivity index (χ2n) is 7.35. The minimum atomic E-state index is -0.950. The zero-order valence-electron chi connectivity index (χ0n) is 16.2. The predicted octanol–water partition coefficient (Wildman–Crippen LogP) is 4.00. The van der Waals surface area contributed by atoms with Gasteiger partial charge in [-0.15, -0.1) is 0 Å². The molecule has 0 saturated carbocycles. The van der Waals surface area contributed by atoms with Crippen LogP contribution in [0, 0.1) is 0 Å². The van der Waals surface area contributed by atoms with Crippen molar-refractivity contribution >= 4 is 35.0 Å². The summed E-state index contributed by atoms with van der Waals surface area (Å²) in [5, 5.41) is 3.35. The smallest absolute Gasteiger partial charge is 0.421 e. The average Bonchev–Trinajstić information content (AvgIpc) is 2.75. The number of halogens is 1. The van der Waals surface area contributed by atoms with E-state index in [0.717, 1.165) is 10.5 Å². The third-order valence-corrected chi connectivity index (χ3v) is 4.30. The molecule has 7 heteroatoms. The zero-order chi connectivity index (χ0) is 20.5. The average molecular weight is 400 g/mol. The number of nitrogens with one attached hydrogen (secondary N) is 1. The molecular weight excluding hydrogens is 378 g/mol. The van der Waals surface area contributed by atoms with E-state index in [1.54, 1.807) is 46.0 Å². The molecule has 1 N–H and O–H groups in total. The predicted molar refractivity (Wildman–Crippen MR) is 110 cm³/mol. The van der Waals surface area contributed by atoms with Crippen LogP contribution in [0.5, 0.6) is 0 Å². The topological polar surface area (TPSA) is 71.0 Å². The molecule has 0 fully saturated rings. The number of benzodiazepines with no additional fused rings is 1. The lowest BCUT2D eigenvalue weighted by atomic mass is 10.0. The van der Waals surface area contributed by atoms with Gasteiger partial charge in [-0.05, 0) is 46.0 Å². The zero-order valence-corrected chi connectivity index (χ0v) is 16.9. The van der Waals surface area contributed by atoms with Gasteiger partial charge in [0.15, 0.2) is 6.17 Å². The van der Waals surface area contributed by atoms with Gasteiger partial charge in [0, 0.05) is 16.1 Å². The Morgan fingerprint density at radius 3 is 2.46 bits per heavy atom. The number of imide groups is 1. The molecule has 1 unspecified atom stereocenters. The number of carbonyl (C=O) groups excluding carboxylic acids is 2. The fourth-order valence-corrected chi connectivity index (χ4v) is 3.07. The van der Waals surface area contributed by atoms with E-state index in [2.05, 4.69) is 10.3 Å². The number of benzene rings is 2. The molecule has 6 nitrogen and oxygen atoms in total. The highest BCUT2D eigenvalue weighted by Crippen LogP contribution is 2.31. The lowest BCUT2D eigenvalue weighted by molar-refractivity contribution is -0.120. The largest absolute Gasteiger partial charge is 0.443 e. The van der Waals surface area contributed by atoms with Gasteiger partial charge in [0.1, 0.15) is 5.60 Å². The Balaban J connectivity index is 2.22. The maximum atomic E-state index is 13.2. The summed E-state index contributed by atoms with van der Waals surface area (Å²) >= 11 is 6.23. The van der Waals surface area contributed by atoms with Crippen molar-refractivity contribution in [1.82, 2.24) is 5.32 Å². The molecule has 2 aromatic carbocycles. The van der Waals surface area contributed by atoms with Gasteiger partial charge in [0.05, 0.1) is 11.4 Å². The Morgan fingerprint density at radius 2 is 1.86 bits per heavy atom. The van der Waals surface area contributed by atoms with E-state index < -0.39 is 23.8 Å². The SMILES string of the molecule is CNC1N=C(c2ccccc2)c2cc(Cl)ccc2N(C(=O)OC(C)(C)C)C1=O. The molecule has 0 bridgehead atoms. The van der Waals surface area contributed by atoms with E-state index in [0.29, 0.717) is 22.0 Å². The molecule has 2 aromatic rings. The maximum absolute atomic E-state index is 13.2. The van der Waals surface area contributed by atoms with E-state index in [9.17, 15) is 9.59 Å². The van der Waals surface area contributed by atoms with Crippen LogP contribution in [0.3, 0.4) is 0 Å². The number of fused-ring (bicyclic) bond motifs is 1. The van der Waals surface area contributed by atoms with Gasteiger partial charge in [-0.2, -0.15) is 0 Å². The number of nitrogens with zero attached hydrogens (tertiary/aromatic N) is 2. The normalized spacial score (nSPS) is 16.9. The number of carbonyl (C=O) groups is 2. The summed E-state index contributed by atoms with van der Waals surface area (Å²) in [6.45, 7) is 5.24. The standard InChI is InChI=1S/C21H22ClN3O3/c1-21(2,3)28-20(27)25-16-11-10-14(22)12-15(16)17(13-8-6-5-7-9-13)24-18(23-4)19(25)26/h5-12,18,23H,1-4H3. The van der Waals surface area contributed by atoms with E-state index in [1.807, 2.05) is 30.3 Å². The third kappa shape index (κ3) is 4.08. The molecule has 0 aliphatic carbocycles. The highest BCUT2D eigenvalue weighted by atomic mass is 35.5. The van der Waals surface area contributed by atoms with Gasteiger partial charge in [-0.1, -0.05) is 41.9 Å². The first-order chi connectivity index (χ1) is 13.2. The first-order valence-corrected chi connectivity index (χ1v) is 9.26. The molecular formula is C21H22ClN3O3. The number of rotatable bonds is 2. The van der Waals surface area contributed by atoms with Crippen LogP contribution in [-0.4, -0.2) is 36.5 Å². The van der Waals surface area contributed by atoms with Crippen LogP contribution in [0.25, 0.3) is 0 Å². The van der Waals surface area contributed by atoms with Gasteiger partial charge in [0.2, 0.25) is 0 Å². The Morgan fingerprint density at radius 1 is 1.18 bits per heavy atom. The lowest BCUT2D eigenvalue weighted by Crippen LogP contribution is -2.48. The molecule has 0 spiro atoms. The number of hydrogen-bond donors (Lipinski definition) is 1. The van der Waals surface area contributed by atoms with Crippen molar-refractivity contribution in [2.24, 2.45) is 4.99 Å². The first kappa shape index (κ1) is 20.0. The molecule has 0 radical (unpaired) electrons. The molecule has 146 valence electrons. The molecule has 28 heavy (non-hydrogen) atoms. The van der Waals surface area contributed by atoms with Crippen molar-refractivity contribution in [3.63, 3.8) is 0 Å². The van der Waals surface area contributed by atoms with Gasteiger partial charge < -0.3 is 4.74 Å². The summed E-state index contributed by atoms with van der Waals surface area (Å²) in [6, 6.07) is 14.4. The second kappa shape index (κ2) is 7.73. The molecule has 1 aliphatic heterocycles. The first-order valence-electron chi connectivity index (χ1n) is 8.88. The Labute approximate surface area is 169 Å². The van der Waals surface area contributed by atoms with Crippen LogP contribution >= 0.6 is 11.6 Å². The third-order valence-electron chi connectivity index (χ3n) is 4.06. The van der Waals surface area contributed by atoms with E-state index in [4.69, 9.17) is 16.3 Å². The number of likely N-dealkylation sites (N-methyl/N-ethyl adjacent to an activating group) is 1. The highest BCUT2D eigenvalue weighted by molar-refractivity contribution is 6.32. The summed E-state index contributed by atoms with van der Waals surface area (Å²) < 4.78 is 5.48. The van der Waals surface area contributed by atoms with Crippen LogP contribution in [0.4, 0.5) is 10.5 Å². The van der Waals surface area contributed by atoms with Crippen molar-refractivity contribution in [2.45, 2.75) is 32.5 Å². The Hall–Kier alpha value is -2.70. The molecule has 0 aromatic heterocycles. The molecule has 2 amide bonds. The van der Waals surface area contributed by atoms with E-state index in [-0.39, 0.29) is 0 Å². The van der Waals surface area contributed by atoms with Gasteiger partial charge >= 0.3 is 6.09 Å². The number of anilines is 1. The summed E-state index contributed by atoms with van der Waals surface area (Å²) in [5.74, 6) is -0.522. The molecule has 3 rings (SSSR count). The van der Waals surface area contributed by atoms with Gasteiger partial charge in [0.25, 0.3) is 5.91 Å².